The van der Waals surface area contributed by atoms with Gasteiger partial charge in [-0.2, -0.15) is 0 Å². The number of rotatable bonds is 5. The maximum atomic E-state index is 12.3. The number of aryl methyl sites for hydroxylation is 1. The second-order valence-corrected chi connectivity index (χ2v) is 4.83. The van der Waals surface area contributed by atoms with Gasteiger partial charge in [-0.1, -0.05) is 25.1 Å². The molecule has 4 heteroatoms. The maximum Gasteiger partial charge on any atom is 0.322 e. The van der Waals surface area contributed by atoms with Crippen molar-refractivity contribution in [2.24, 2.45) is 7.05 Å². The van der Waals surface area contributed by atoms with Crippen LogP contribution in [-0.4, -0.2) is 22.0 Å². The Morgan fingerprint density at radius 1 is 1.20 bits per heavy atom. The van der Waals surface area contributed by atoms with Gasteiger partial charge >= 0.3 is 6.03 Å². The van der Waals surface area contributed by atoms with Gasteiger partial charge in [-0.25, -0.2) is 4.79 Å². The first kappa shape index (κ1) is 14.2. The lowest BCUT2D eigenvalue weighted by Gasteiger charge is -2.23. The highest BCUT2D eigenvalue weighted by atomic mass is 16.2. The SMILES string of the molecule is CCCN(Cc1cccn1C)C(=O)Nc1ccccc1. The molecule has 1 aromatic carbocycles. The van der Waals surface area contributed by atoms with E-state index in [4.69, 9.17) is 0 Å². The number of nitrogens with zero attached hydrogens (tertiary/aromatic N) is 2. The minimum Gasteiger partial charge on any atom is -0.353 e. The smallest absolute Gasteiger partial charge is 0.322 e. The van der Waals surface area contributed by atoms with E-state index in [0.717, 1.165) is 24.3 Å². The van der Waals surface area contributed by atoms with Crippen LogP contribution in [0, 0.1) is 0 Å². The highest BCUT2D eigenvalue weighted by molar-refractivity contribution is 5.89. The molecule has 1 N–H and O–H groups in total. The summed E-state index contributed by atoms with van der Waals surface area (Å²) in [5, 5.41) is 2.94. The van der Waals surface area contributed by atoms with Crippen molar-refractivity contribution in [3.05, 3.63) is 54.4 Å². The average Bonchev–Trinajstić information content (AvgIpc) is 2.85. The molecule has 0 radical (unpaired) electrons. The van der Waals surface area contributed by atoms with E-state index >= 15 is 0 Å². The summed E-state index contributed by atoms with van der Waals surface area (Å²) < 4.78 is 2.04. The normalized spacial score (nSPS) is 10.3. The summed E-state index contributed by atoms with van der Waals surface area (Å²) in [6.07, 6.45) is 2.93. The molecular formula is C16H21N3O. The van der Waals surface area contributed by atoms with Crippen molar-refractivity contribution in [3.63, 3.8) is 0 Å². The molecule has 0 unspecified atom stereocenters. The summed E-state index contributed by atoms with van der Waals surface area (Å²) in [5.74, 6) is 0. The number of anilines is 1. The second kappa shape index (κ2) is 6.80. The van der Waals surface area contributed by atoms with Crippen LogP contribution in [0.3, 0.4) is 0 Å². The Kier molecular flexibility index (Phi) is 4.82. The van der Waals surface area contributed by atoms with Crippen LogP contribution in [0.1, 0.15) is 19.0 Å². The van der Waals surface area contributed by atoms with Gasteiger partial charge in [-0.3, -0.25) is 0 Å². The van der Waals surface area contributed by atoms with Gasteiger partial charge in [0, 0.05) is 31.2 Å². The standard InChI is InChI=1S/C16H21N3O/c1-3-11-19(13-15-10-7-12-18(15)2)16(20)17-14-8-5-4-6-9-14/h4-10,12H,3,11,13H2,1-2H3,(H,17,20). The molecule has 1 heterocycles. The van der Waals surface area contributed by atoms with Gasteiger partial charge in [0.2, 0.25) is 0 Å². The van der Waals surface area contributed by atoms with E-state index in [9.17, 15) is 4.79 Å². The fourth-order valence-corrected chi connectivity index (χ4v) is 2.10. The van der Waals surface area contributed by atoms with Crippen LogP contribution in [0.15, 0.2) is 48.7 Å². The Morgan fingerprint density at radius 3 is 2.55 bits per heavy atom. The molecular weight excluding hydrogens is 250 g/mol. The van der Waals surface area contributed by atoms with Crippen LogP contribution in [0.4, 0.5) is 10.5 Å². The summed E-state index contributed by atoms with van der Waals surface area (Å²) in [5.41, 5.74) is 1.95. The maximum absolute atomic E-state index is 12.3. The zero-order valence-corrected chi connectivity index (χ0v) is 12.0. The van der Waals surface area contributed by atoms with Crippen molar-refractivity contribution in [1.29, 1.82) is 0 Å². The van der Waals surface area contributed by atoms with Crippen molar-refractivity contribution < 1.29 is 4.79 Å². The highest BCUT2D eigenvalue weighted by Crippen LogP contribution is 2.10. The monoisotopic (exact) mass is 271 g/mol. The largest absolute Gasteiger partial charge is 0.353 e. The number of para-hydroxylation sites is 1. The number of carbonyl (C=O) groups is 1. The number of hydrogen-bond donors (Lipinski definition) is 1. The molecule has 0 saturated carbocycles. The van der Waals surface area contributed by atoms with Gasteiger partial charge in [-0.05, 0) is 30.7 Å². The number of benzene rings is 1. The van der Waals surface area contributed by atoms with Crippen molar-refractivity contribution in [2.75, 3.05) is 11.9 Å². The summed E-state index contributed by atoms with van der Waals surface area (Å²) in [4.78, 5) is 14.2. The zero-order valence-electron chi connectivity index (χ0n) is 12.0. The fourth-order valence-electron chi connectivity index (χ4n) is 2.10. The third-order valence-electron chi connectivity index (χ3n) is 3.21. The molecule has 0 aliphatic heterocycles. The third-order valence-corrected chi connectivity index (χ3v) is 3.21. The molecule has 0 bridgehead atoms. The second-order valence-electron chi connectivity index (χ2n) is 4.83. The van der Waals surface area contributed by atoms with Crippen LogP contribution in [0.2, 0.25) is 0 Å². The molecule has 0 aliphatic carbocycles. The van der Waals surface area contributed by atoms with Crippen molar-refractivity contribution in [3.8, 4) is 0 Å². The minimum atomic E-state index is -0.0562. The van der Waals surface area contributed by atoms with Gasteiger partial charge in [0.1, 0.15) is 0 Å². The van der Waals surface area contributed by atoms with Gasteiger partial charge < -0.3 is 14.8 Å². The zero-order chi connectivity index (χ0) is 14.4. The van der Waals surface area contributed by atoms with E-state index in [1.54, 1.807) is 0 Å². The first-order chi connectivity index (χ1) is 9.70. The Labute approximate surface area is 120 Å². The summed E-state index contributed by atoms with van der Waals surface area (Å²) in [6.45, 7) is 3.44. The van der Waals surface area contributed by atoms with E-state index in [1.807, 2.05) is 65.2 Å². The molecule has 4 nitrogen and oxygen atoms in total. The molecule has 2 amide bonds. The molecule has 2 aromatic rings. The van der Waals surface area contributed by atoms with Crippen LogP contribution in [0.25, 0.3) is 0 Å². The molecule has 0 fully saturated rings. The number of aromatic nitrogens is 1. The lowest BCUT2D eigenvalue weighted by Crippen LogP contribution is -2.35. The van der Waals surface area contributed by atoms with Crippen molar-refractivity contribution >= 4 is 11.7 Å². The predicted octanol–water partition coefficient (Wildman–Crippen LogP) is 3.47. The van der Waals surface area contributed by atoms with Crippen LogP contribution in [-0.2, 0) is 13.6 Å². The topological polar surface area (TPSA) is 37.3 Å². The van der Waals surface area contributed by atoms with Crippen LogP contribution in [0.5, 0.6) is 0 Å². The fraction of sp³-hybridized carbons (Fsp3) is 0.312. The molecule has 0 aliphatic rings. The first-order valence-corrected chi connectivity index (χ1v) is 6.92. The van der Waals surface area contributed by atoms with Gasteiger partial charge in [0.15, 0.2) is 0 Å². The lowest BCUT2D eigenvalue weighted by atomic mass is 10.3. The van der Waals surface area contributed by atoms with Crippen LogP contribution < -0.4 is 5.32 Å². The number of amides is 2. The predicted molar refractivity (Wildman–Crippen MR) is 81.6 cm³/mol. The van der Waals surface area contributed by atoms with Crippen molar-refractivity contribution in [1.82, 2.24) is 9.47 Å². The summed E-state index contributed by atoms with van der Waals surface area (Å²) in [7, 11) is 1.99. The lowest BCUT2D eigenvalue weighted by molar-refractivity contribution is 0.208. The Hall–Kier alpha value is -2.23. The number of nitrogens with one attached hydrogen (secondary N) is 1. The third kappa shape index (κ3) is 3.63. The van der Waals surface area contributed by atoms with Gasteiger partial charge in [-0.15, -0.1) is 0 Å². The Balaban J connectivity index is 2.04. The van der Waals surface area contributed by atoms with E-state index < -0.39 is 0 Å². The first-order valence-electron chi connectivity index (χ1n) is 6.92. The minimum absolute atomic E-state index is 0.0562. The molecule has 0 atom stereocenters. The quantitative estimate of drug-likeness (QED) is 0.888. The number of carbonyl (C=O) groups excluding carboxylic acids is 1. The molecule has 106 valence electrons. The van der Waals surface area contributed by atoms with E-state index in [0.29, 0.717) is 6.54 Å². The number of urea groups is 1. The molecule has 2 rings (SSSR count). The average molecular weight is 271 g/mol. The van der Waals surface area contributed by atoms with Gasteiger partial charge in [0.25, 0.3) is 0 Å². The van der Waals surface area contributed by atoms with E-state index in [2.05, 4.69) is 12.2 Å². The molecule has 1 aromatic heterocycles. The van der Waals surface area contributed by atoms with Gasteiger partial charge in [0.05, 0.1) is 6.54 Å². The molecule has 20 heavy (non-hydrogen) atoms. The Morgan fingerprint density at radius 2 is 1.95 bits per heavy atom. The molecule has 0 saturated heterocycles. The highest BCUT2D eigenvalue weighted by Gasteiger charge is 2.14. The van der Waals surface area contributed by atoms with E-state index in [-0.39, 0.29) is 6.03 Å². The summed E-state index contributed by atoms with van der Waals surface area (Å²) in [6, 6.07) is 13.5. The number of hydrogen-bond acceptors (Lipinski definition) is 1. The van der Waals surface area contributed by atoms with Crippen LogP contribution >= 0.6 is 0 Å². The summed E-state index contributed by atoms with van der Waals surface area (Å²) >= 11 is 0. The van der Waals surface area contributed by atoms with Crippen molar-refractivity contribution in [2.45, 2.75) is 19.9 Å². The molecule has 0 spiro atoms. The Bertz CT molecular complexity index is 548. The van der Waals surface area contributed by atoms with E-state index in [1.165, 1.54) is 0 Å².